The van der Waals surface area contributed by atoms with Crippen LogP contribution < -0.4 is 15.8 Å². The van der Waals surface area contributed by atoms with E-state index in [1.807, 2.05) is 12.1 Å². The minimum absolute atomic E-state index is 0.222. The highest BCUT2D eigenvalue weighted by atomic mass is 16.5. The number of carbonyl (C=O) groups excluding carboxylic acids is 1. The molecule has 3 N–H and O–H groups in total. The fraction of sp³-hybridized carbons (Fsp3) is 0.200. The topological polar surface area (TPSA) is 77.2 Å². The van der Waals surface area contributed by atoms with Crippen molar-refractivity contribution in [3.8, 4) is 5.75 Å². The molecule has 0 radical (unpaired) electrons. The Hall–Kier alpha value is -2.56. The highest BCUT2D eigenvalue weighted by molar-refractivity contribution is 6.04. The summed E-state index contributed by atoms with van der Waals surface area (Å²) in [5, 5.41) is 2.79. The molecule has 1 amide bonds. The van der Waals surface area contributed by atoms with Crippen LogP contribution in [0.25, 0.3) is 0 Å². The first-order valence-electron chi connectivity index (χ1n) is 6.45. The van der Waals surface area contributed by atoms with E-state index in [-0.39, 0.29) is 5.91 Å². The first-order chi connectivity index (χ1) is 9.69. The average Bonchev–Trinajstić information content (AvgIpc) is 2.47. The van der Waals surface area contributed by atoms with Crippen molar-refractivity contribution < 1.29 is 9.53 Å². The first kappa shape index (κ1) is 13.9. The van der Waals surface area contributed by atoms with Gasteiger partial charge < -0.3 is 15.8 Å². The van der Waals surface area contributed by atoms with Crippen molar-refractivity contribution in [2.24, 2.45) is 0 Å². The molecule has 0 unspecified atom stereocenters. The fourth-order valence-corrected chi connectivity index (χ4v) is 1.60. The van der Waals surface area contributed by atoms with Crippen molar-refractivity contribution in [3.05, 3.63) is 48.2 Å². The zero-order valence-electron chi connectivity index (χ0n) is 11.3. The molecule has 5 nitrogen and oxygen atoms in total. The Bertz CT molecular complexity index is 565. The summed E-state index contributed by atoms with van der Waals surface area (Å²) in [6, 6.07) is 10.5. The number of hydrogen-bond donors (Lipinski definition) is 2. The van der Waals surface area contributed by atoms with E-state index in [0.717, 1.165) is 12.2 Å². The maximum absolute atomic E-state index is 12.0. The van der Waals surface area contributed by atoms with Crippen molar-refractivity contribution in [2.75, 3.05) is 17.7 Å². The Morgan fingerprint density at radius 1 is 1.25 bits per heavy atom. The number of pyridine rings is 1. The van der Waals surface area contributed by atoms with Gasteiger partial charge in [-0.1, -0.05) is 6.92 Å². The molecular formula is C15H17N3O2. The summed E-state index contributed by atoms with van der Waals surface area (Å²) < 4.78 is 5.48. The van der Waals surface area contributed by atoms with Crippen molar-refractivity contribution in [1.29, 1.82) is 0 Å². The van der Waals surface area contributed by atoms with Crippen molar-refractivity contribution in [2.45, 2.75) is 13.3 Å². The number of benzene rings is 1. The smallest absolute Gasteiger partial charge is 0.257 e. The summed E-state index contributed by atoms with van der Waals surface area (Å²) in [5.41, 5.74) is 6.65. The summed E-state index contributed by atoms with van der Waals surface area (Å²) in [4.78, 5) is 15.8. The molecule has 0 spiro atoms. The number of nitrogens with two attached hydrogens (primary N) is 1. The molecule has 0 fully saturated rings. The lowest BCUT2D eigenvalue weighted by molar-refractivity contribution is 0.102. The lowest BCUT2D eigenvalue weighted by atomic mass is 10.2. The third kappa shape index (κ3) is 3.71. The van der Waals surface area contributed by atoms with Crippen LogP contribution in [0.4, 0.5) is 11.5 Å². The number of hydrogen-bond acceptors (Lipinski definition) is 4. The van der Waals surface area contributed by atoms with Crippen molar-refractivity contribution in [1.82, 2.24) is 4.98 Å². The third-order valence-electron chi connectivity index (χ3n) is 2.63. The van der Waals surface area contributed by atoms with E-state index in [9.17, 15) is 4.79 Å². The van der Waals surface area contributed by atoms with E-state index in [2.05, 4.69) is 17.2 Å². The van der Waals surface area contributed by atoms with E-state index < -0.39 is 0 Å². The molecule has 0 bridgehead atoms. The Morgan fingerprint density at radius 2 is 2.00 bits per heavy atom. The second kappa shape index (κ2) is 6.56. The van der Waals surface area contributed by atoms with Crippen molar-refractivity contribution >= 4 is 17.4 Å². The number of carbonyl (C=O) groups is 1. The molecule has 104 valence electrons. The first-order valence-corrected chi connectivity index (χ1v) is 6.45. The van der Waals surface area contributed by atoms with E-state index in [1.165, 1.54) is 6.20 Å². The van der Waals surface area contributed by atoms with Gasteiger partial charge in [-0.3, -0.25) is 4.79 Å². The molecule has 0 aliphatic rings. The van der Waals surface area contributed by atoms with E-state index in [1.54, 1.807) is 24.3 Å². The van der Waals surface area contributed by atoms with Gasteiger partial charge in [0.2, 0.25) is 0 Å². The second-order valence-corrected chi connectivity index (χ2v) is 4.30. The van der Waals surface area contributed by atoms with Crippen LogP contribution in [0, 0.1) is 0 Å². The second-order valence-electron chi connectivity index (χ2n) is 4.30. The van der Waals surface area contributed by atoms with Crippen LogP contribution in [0.3, 0.4) is 0 Å². The summed E-state index contributed by atoms with van der Waals surface area (Å²) in [6.45, 7) is 2.73. The van der Waals surface area contributed by atoms with Gasteiger partial charge >= 0.3 is 0 Å². The van der Waals surface area contributed by atoms with Gasteiger partial charge in [0, 0.05) is 11.9 Å². The van der Waals surface area contributed by atoms with Gasteiger partial charge in [-0.25, -0.2) is 4.98 Å². The molecule has 0 saturated heterocycles. The lowest BCUT2D eigenvalue weighted by Crippen LogP contribution is -2.12. The quantitative estimate of drug-likeness (QED) is 0.876. The number of anilines is 2. The Labute approximate surface area is 117 Å². The standard InChI is InChI=1S/C15H17N3O2/c1-2-9-20-13-6-4-12(5-7-13)18-15(19)11-3-8-14(16)17-10-11/h3-8,10H,2,9H2,1H3,(H2,16,17)(H,18,19). The molecule has 5 heteroatoms. The molecule has 1 aromatic heterocycles. The van der Waals surface area contributed by atoms with Crippen LogP contribution in [0.1, 0.15) is 23.7 Å². The van der Waals surface area contributed by atoms with E-state index >= 15 is 0 Å². The van der Waals surface area contributed by atoms with Gasteiger partial charge in [0.05, 0.1) is 12.2 Å². The van der Waals surface area contributed by atoms with Crippen LogP contribution in [0.2, 0.25) is 0 Å². The maximum atomic E-state index is 12.0. The van der Waals surface area contributed by atoms with Crippen LogP contribution in [-0.4, -0.2) is 17.5 Å². The molecule has 0 aliphatic heterocycles. The molecule has 1 heterocycles. The average molecular weight is 271 g/mol. The number of nitrogens with zero attached hydrogens (tertiary/aromatic N) is 1. The van der Waals surface area contributed by atoms with Gasteiger partial charge in [-0.05, 0) is 42.8 Å². The van der Waals surface area contributed by atoms with Crippen LogP contribution in [-0.2, 0) is 0 Å². The van der Waals surface area contributed by atoms with Gasteiger partial charge in [0.15, 0.2) is 0 Å². The third-order valence-corrected chi connectivity index (χ3v) is 2.63. The largest absolute Gasteiger partial charge is 0.494 e. The minimum Gasteiger partial charge on any atom is -0.494 e. The summed E-state index contributed by atoms with van der Waals surface area (Å²) in [6.07, 6.45) is 2.41. The van der Waals surface area contributed by atoms with Gasteiger partial charge in [0.1, 0.15) is 11.6 Å². The number of ether oxygens (including phenoxy) is 1. The molecule has 0 aliphatic carbocycles. The predicted octanol–water partition coefficient (Wildman–Crippen LogP) is 2.70. The Balaban J connectivity index is 1.99. The Morgan fingerprint density at radius 3 is 2.60 bits per heavy atom. The zero-order valence-corrected chi connectivity index (χ0v) is 11.3. The predicted molar refractivity (Wildman–Crippen MR) is 78.8 cm³/mol. The Kier molecular flexibility index (Phi) is 4.55. The van der Waals surface area contributed by atoms with Crippen LogP contribution in [0.5, 0.6) is 5.75 Å². The number of nitrogen functional groups attached to an aromatic ring is 1. The van der Waals surface area contributed by atoms with Crippen molar-refractivity contribution in [3.63, 3.8) is 0 Å². The normalized spacial score (nSPS) is 10.1. The molecule has 2 rings (SSSR count). The van der Waals surface area contributed by atoms with E-state index in [0.29, 0.717) is 23.7 Å². The fourth-order valence-electron chi connectivity index (χ4n) is 1.60. The number of aromatic nitrogens is 1. The number of rotatable bonds is 5. The minimum atomic E-state index is -0.222. The zero-order chi connectivity index (χ0) is 14.4. The van der Waals surface area contributed by atoms with E-state index in [4.69, 9.17) is 10.5 Å². The number of amides is 1. The monoisotopic (exact) mass is 271 g/mol. The van der Waals surface area contributed by atoms with Gasteiger partial charge in [0.25, 0.3) is 5.91 Å². The van der Waals surface area contributed by atoms with Crippen LogP contribution >= 0.6 is 0 Å². The molecule has 1 aromatic carbocycles. The summed E-state index contributed by atoms with van der Waals surface area (Å²) in [7, 11) is 0. The lowest BCUT2D eigenvalue weighted by Gasteiger charge is -2.07. The number of nitrogens with one attached hydrogen (secondary N) is 1. The highest BCUT2D eigenvalue weighted by Crippen LogP contribution is 2.16. The summed E-state index contributed by atoms with van der Waals surface area (Å²) >= 11 is 0. The van der Waals surface area contributed by atoms with Gasteiger partial charge in [-0.15, -0.1) is 0 Å². The van der Waals surface area contributed by atoms with Gasteiger partial charge in [-0.2, -0.15) is 0 Å². The van der Waals surface area contributed by atoms with Crippen LogP contribution in [0.15, 0.2) is 42.6 Å². The highest BCUT2D eigenvalue weighted by Gasteiger charge is 2.06. The molecular weight excluding hydrogens is 254 g/mol. The molecule has 0 saturated carbocycles. The molecule has 20 heavy (non-hydrogen) atoms. The maximum Gasteiger partial charge on any atom is 0.257 e. The summed E-state index contributed by atoms with van der Waals surface area (Å²) in [5.74, 6) is 0.956. The molecule has 2 aromatic rings. The molecule has 0 atom stereocenters. The SMILES string of the molecule is CCCOc1ccc(NC(=O)c2ccc(N)nc2)cc1.